The van der Waals surface area contributed by atoms with Gasteiger partial charge in [-0.05, 0) is 44.9 Å². The molecule has 0 spiro atoms. The van der Waals surface area contributed by atoms with Crippen molar-refractivity contribution in [2.45, 2.75) is 47.2 Å². The molecule has 0 atom stereocenters. The first-order chi connectivity index (χ1) is 8.93. The molecule has 0 unspecified atom stereocenters. The van der Waals surface area contributed by atoms with Crippen LogP contribution >= 0.6 is 0 Å². The van der Waals surface area contributed by atoms with Crippen LogP contribution < -0.4 is 10.5 Å². The molecule has 1 rings (SSSR count). The van der Waals surface area contributed by atoms with Crippen LogP contribution in [0.15, 0.2) is 18.2 Å². The third kappa shape index (κ3) is 5.11. The summed E-state index contributed by atoms with van der Waals surface area (Å²) >= 11 is 0. The molecule has 0 aromatic heterocycles. The number of hydrogen-bond donors (Lipinski definition) is 1. The summed E-state index contributed by atoms with van der Waals surface area (Å²) in [7, 11) is 0. The van der Waals surface area contributed by atoms with Crippen LogP contribution in [-0.4, -0.2) is 24.1 Å². The topological polar surface area (TPSA) is 38.5 Å². The van der Waals surface area contributed by atoms with Crippen molar-refractivity contribution in [2.75, 3.05) is 18.9 Å². The van der Waals surface area contributed by atoms with E-state index in [0.717, 1.165) is 24.5 Å². The number of hydrogen-bond acceptors (Lipinski definition) is 3. The highest BCUT2D eigenvalue weighted by Crippen LogP contribution is 2.24. The summed E-state index contributed by atoms with van der Waals surface area (Å²) in [5, 5.41) is 0. The average molecular weight is 264 g/mol. The molecule has 0 heterocycles. The fourth-order valence-corrected chi connectivity index (χ4v) is 2.17. The summed E-state index contributed by atoms with van der Waals surface area (Å²) < 4.78 is 5.70. The van der Waals surface area contributed by atoms with Crippen molar-refractivity contribution in [3.63, 3.8) is 0 Å². The van der Waals surface area contributed by atoms with E-state index in [-0.39, 0.29) is 0 Å². The van der Waals surface area contributed by atoms with Gasteiger partial charge in [0.15, 0.2) is 0 Å². The fraction of sp³-hybridized carbons (Fsp3) is 0.625. The Labute approximate surface area is 117 Å². The Morgan fingerprint density at radius 3 is 2.42 bits per heavy atom. The molecule has 0 fully saturated rings. The lowest BCUT2D eigenvalue weighted by Crippen LogP contribution is -2.33. The van der Waals surface area contributed by atoms with Gasteiger partial charge >= 0.3 is 0 Å². The molecular formula is C16H28N2O. The number of nitrogens with zero attached hydrogens (tertiary/aromatic N) is 1. The maximum absolute atomic E-state index is 5.90. The maximum Gasteiger partial charge on any atom is 0.123 e. The van der Waals surface area contributed by atoms with Gasteiger partial charge in [0.25, 0.3) is 0 Å². The first-order valence-electron chi connectivity index (χ1n) is 7.19. The van der Waals surface area contributed by atoms with E-state index in [4.69, 9.17) is 10.5 Å². The van der Waals surface area contributed by atoms with Gasteiger partial charge in [-0.2, -0.15) is 0 Å². The molecule has 0 aliphatic carbocycles. The second-order valence-corrected chi connectivity index (χ2v) is 5.72. The molecule has 0 aliphatic heterocycles. The van der Waals surface area contributed by atoms with Crippen LogP contribution in [0.2, 0.25) is 0 Å². The van der Waals surface area contributed by atoms with Crippen LogP contribution in [-0.2, 0) is 6.54 Å². The Bertz CT molecular complexity index is 388. The molecular weight excluding hydrogens is 236 g/mol. The fourth-order valence-electron chi connectivity index (χ4n) is 2.17. The monoisotopic (exact) mass is 264 g/mol. The van der Waals surface area contributed by atoms with Crippen molar-refractivity contribution in [1.82, 2.24) is 4.90 Å². The summed E-state index contributed by atoms with van der Waals surface area (Å²) in [6, 6.07) is 6.41. The number of nitrogen functional groups attached to an aromatic ring is 1. The Hall–Kier alpha value is -1.22. The van der Waals surface area contributed by atoms with Crippen LogP contribution in [0.4, 0.5) is 5.69 Å². The van der Waals surface area contributed by atoms with Gasteiger partial charge in [-0.15, -0.1) is 0 Å². The average Bonchev–Trinajstić information content (AvgIpc) is 2.31. The highest BCUT2D eigenvalue weighted by atomic mass is 16.5. The van der Waals surface area contributed by atoms with E-state index in [0.29, 0.717) is 18.6 Å². The van der Waals surface area contributed by atoms with E-state index in [1.165, 1.54) is 5.56 Å². The second-order valence-electron chi connectivity index (χ2n) is 5.72. The van der Waals surface area contributed by atoms with Crippen molar-refractivity contribution >= 4 is 5.69 Å². The van der Waals surface area contributed by atoms with Gasteiger partial charge in [0.05, 0.1) is 6.61 Å². The Kier molecular flexibility index (Phi) is 6.16. The lowest BCUT2D eigenvalue weighted by molar-refractivity contribution is 0.186. The van der Waals surface area contributed by atoms with Gasteiger partial charge in [-0.25, -0.2) is 0 Å². The molecule has 0 saturated heterocycles. The van der Waals surface area contributed by atoms with E-state index in [9.17, 15) is 0 Å². The van der Waals surface area contributed by atoms with Crippen molar-refractivity contribution in [2.24, 2.45) is 5.92 Å². The van der Waals surface area contributed by atoms with Crippen molar-refractivity contribution in [3.8, 4) is 5.75 Å². The van der Waals surface area contributed by atoms with Gasteiger partial charge in [-0.1, -0.05) is 13.8 Å². The third-order valence-corrected chi connectivity index (χ3v) is 3.09. The summed E-state index contributed by atoms with van der Waals surface area (Å²) in [5.41, 5.74) is 7.88. The lowest BCUT2D eigenvalue weighted by atomic mass is 10.1. The molecule has 19 heavy (non-hydrogen) atoms. The number of rotatable bonds is 7. The predicted octanol–water partition coefficient (Wildman–Crippen LogP) is 3.53. The first-order valence-corrected chi connectivity index (χ1v) is 7.19. The normalized spacial score (nSPS) is 11.6. The van der Waals surface area contributed by atoms with Gasteiger partial charge in [0.2, 0.25) is 0 Å². The summed E-state index contributed by atoms with van der Waals surface area (Å²) in [6.07, 6.45) is 0. The summed E-state index contributed by atoms with van der Waals surface area (Å²) in [5.74, 6) is 1.60. The molecule has 0 amide bonds. The van der Waals surface area contributed by atoms with Gasteiger partial charge < -0.3 is 10.5 Å². The highest BCUT2D eigenvalue weighted by Gasteiger charge is 2.14. The highest BCUT2D eigenvalue weighted by molar-refractivity contribution is 5.47. The molecule has 3 nitrogen and oxygen atoms in total. The lowest BCUT2D eigenvalue weighted by Gasteiger charge is -2.29. The molecule has 108 valence electrons. The smallest absolute Gasteiger partial charge is 0.123 e. The minimum atomic E-state index is 0.512. The van der Waals surface area contributed by atoms with Gasteiger partial charge in [0, 0.05) is 30.4 Å². The molecule has 0 saturated carbocycles. The predicted molar refractivity (Wildman–Crippen MR) is 82.4 cm³/mol. The number of benzene rings is 1. The van der Waals surface area contributed by atoms with Crippen LogP contribution in [0.5, 0.6) is 5.75 Å². The van der Waals surface area contributed by atoms with Crippen molar-refractivity contribution in [1.29, 1.82) is 0 Å². The summed E-state index contributed by atoms with van der Waals surface area (Å²) in [6.45, 7) is 13.6. The van der Waals surface area contributed by atoms with E-state index >= 15 is 0 Å². The quantitative estimate of drug-likeness (QED) is 0.766. The van der Waals surface area contributed by atoms with Crippen molar-refractivity contribution < 1.29 is 4.74 Å². The maximum atomic E-state index is 5.90. The zero-order chi connectivity index (χ0) is 14.4. The Morgan fingerprint density at radius 1 is 1.21 bits per heavy atom. The second kappa shape index (κ2) is 7.39. The zero-order valence-electron chi connectivity index (χ0n) is 12.9. The minimum Gasteiger partial charge on any atom is -0.494 e. The van der Waals surface area contributed by atoms with Crippen LogP contribution in [0.1, 0.15) is 40.2 Å². The zero-order valence-corrected chi connectivity index (χ0v) is 12.9. The Morgan fingerprint density at radius 2 is 1.89 bits per heavy atom. The summed E-state index contributed by atoms with van der Waals surface area (Å²) in [4.78, 5) is 2.46. The van der Waals surface area contributed by atoms with Crippen molar-refractivity contribution in [3.05, 3.63) is 23.8 Å². The van der Waals surface area contributed by atoms with E-state index in [2.05, 4.69) is 32.6 Å². The van der Waals surface area contributed by atoms with Crippen LogP contribution in [0, 0.1) is 5.92 Å². The van der Waals surface area contributed by atoms with Crippen LogP contribution in [0.25, 0.3) is 0 Å². The molecule has 0 radical (unpaired) electrons. The Balaban J connectivity index is 2.90. The number of nitrogens with two attached hydrogens (primary N) is 1. The first kappa shape index (κ1) is 15.8. The standard InChI is InChI=1S/C16H28N2O/c1-6-19-16-8-7-15(17)9-14(16)11-18(13(4)5)10-12(2)3/h7-9,12-13H,6,10-11,17H2,1-5H3. The minimum absolute atomic E-state index is 0.512. The molecule has 3 heteroatoms. The number of anilines is 1. The molecule has 1 aromatic carbocycles. The largest absolute Gasteiger partial charge is 0.494 e. The molecule has 1 aromatic rings. The number of ether oxygens (including phenoxy) is 1. The van der Waals surface area contributed by atoms with E-state index in [1.807, 2.05) is 25.1 Å². The third-order valence-electron chi connectivity index (χ3n) is 3.09. The van der Waals surface area contributed by atoms with E-state index in [1.54, 1.807) is 0 Å². The molecule has 2 N–H and O–H groups in total. The van der Waals surface area contributed by atoms with Gasteiger partial charge in [0.1, 0.15) is 5.75 Å². The van der Waals surface area contributed by atoms with Crippen LogP contribution in [0.3, 0.4) is 0 Å². The van der Waals surface area contributed by atoms with E-state index < -0.39 is 0 Å². The molecule has 0 aliphatic rings. The SMILES string of the molecule is CCOc1ccc(N)cc1CN(CC(C)C)C(C)C. The van der Waals surface area contributed by atoms with Gasteiger partial charge in [-0.3, -0.25) is 4.90 Å². The molecule has 0 bridgehead atoms.